The van der Waals surface area contributed by atoms with Gasteiger partial charge in [0.15, 0.2) is 0 Å². The van der Waals surface area contributed by atoms with Crippen LogP contribution in [0.5, 0.6) is 0 Å². The molecular formula is C21H27NOS. The minimum atomic E-state index is 0.0966. The zero-order valence-corrected chi connectivity index (χ0v) is 15.4. The standard InChI is InChI=1S/C21H27NOS/c1-3-21(14-15-23-4-2)16-24-19-13-9-8-12-18(19)20(22-21)17-10-6-5-7-11-17/h5-13,20,22H,3-4,14-16H2,1-2H3/t20-,21+/m0/s1. The summed E-state index contributed by atoms with van der Waals surface area (Å²) < 4.78 is 5.67. The highest BCUT2D eigenvalue weighted by Crippen LogP contribution is 2.40. The topological polar surface area (TPSA) is 21.3 Å². The van der Waals surface area contributed by atoms with Crippen LogP contribution in [0.15, 0.2) is 59.5 Å². The summed E-state index contributed by atoms with van der Waals surface area (Å²) >= 11 is 1.98. The maximum absolute atomic E-state index is 5.67. The molecule has 0 amide bonds. The van der Waals surface area contributed by atoms with Crippen molar-refractivity contribution in [2.75, 3.05) is 19.0 Å². The van der Waals surface area contributed by atoms with E-state index in [4.69, 9.17) is 4.74 Å². The number of fused-ring (bicyclic) bond motifs is 1. The Balaban J connectivity index is 1.95. The van der Waals surface area contributed by atoms with E-state index in [1.807, 2.05) is 11.8 Å². The number of benzene rings is 2. The van der Waals surface area contributed by atoms with E-state index in [0.717, 1.165) is 31.8 Å². The van der Waals surface area contributed by atoms with E-state index in [0.29, 0.717) is 0 Å². The first-order valence-electron chi connectivity index (χ1n) is 8.90. The fourth-order valence-corrected chi connectivity index (χ4v) is 4.73. The average molecular weight is 342 g/mol. The zero-order valence-electron chi connectivity index (χ0n) is 14.6. The van der Waals surface area contributed by atoms with Crippen LogP contribution in [0.25, 0.3) is 0 Å². The molecule has 3 heteroatoms. The lowest BCUT2D eigenvalue weighted by molar-refractivity contribution is 0.118. The third kappa shape index (κ3) is 3.85. The molecule has 0 spiro atoms. The maximum atomic E-state index is 5.67. The number of nitrogens with one attached hydrogen (secondary N) is 1. The molecule has 0 aromatic heterocycles. The van der Waals surface area contributed by atoms with Gasteiger partial charge in [-0.05, 0) is 37.0 Å². The molecule has 0 bridgehead atoms. The Morgan fingerprint density at radius 3 is 2.58 bits per heavy atom. The molecule has 1 N–H and O–H groups in total. The minimum absolute atomic E-state index is 0.0966. The number of ether oxygens (including phenoxy) is 1. The van der Waals surface area contributed by atoms with Crippen molar-refractivity contribution < 1.29 is 4.74 Å². The second-order valence-corrected chi connectivity index (χ2v) is 7.41. The van der Waals surface area contributed by atoms with Crippen LogP contribution in [0.3, 0.4) is 0 Å². The van der Waals surface area contributed by atoms with Crippen molar-refractivity contribution in [3.05, 3.63) is 65.7 Å². The molecule has 2 atom stereocenters. The van der Waals surface area contributed by atoms with Crippen LogP contribution < -0.4 is 5.32 Å². The molecule has 2 nitrogen and oxygen atoms in total. The molecule has 1 aliphatic heterocycles. The van der Waals surface area contributed by atoms with Gasteiger partial charge in [-0.2, -0.15) is 0 Å². The summed E-state index contributed by atoms with van der Waals surface area (Å²) in [6.07, 6.45) is 2.14. The van der Waals surface area contributed by atoms with Gasteiger partial charge in [-0.25, -0.2) is 0 Å². The first kappa shape index (κ1) is 17.5. The highest BCUT2D eigenvalue weighted by molar-refractivity contribution is 7.99. The van der Waals surface area contributed by atoms with E-state index in [2.05, 4.69) is 73.8 Å². The fraction of sp³-hybridized carbons (Fsp3) is 0.429. The highest BCUT2D eigenvalue weighted by Gasteiger charge is 2.35. The lowest BCUT2D eigenvalue weighted by atomic mass is 9.90. The van der Waals surface area contributed by atoms with Gasteiger partial charge in [0.05, 0.1) is 6.04 Å². The van der Waals surface area contributed by atoms with Crippen LogP contribution in [-0.2, 0) is 4.74 Å². The molecule has 0 fully saturated rings. The summed E-state index contributed by atoms with van der Waals surface area (Å²) in [4.78, 5) is 1.39. The summed E-state index contributed by atoms with van der Waals surface area (Å²) in [5, 5.41) is 4.01. The number of thioether (sulfide) groups is 1. The SMILES string of the molecule is CCOCC[C@]1(CC)CSc2ccccc2[C@H](c2ccccc2)N1. The van der Waals surface area contributed by atoms with Gasteiger partial charge in [0.1, 0.15) is 0 Å². The molecule has 24 heavy (non-hydrogen) atoms. The summed E-state index contributed by atoms with van der Waals surface area (Å²) in [6.45, 7) is 5.96. The van der Waals surface area contributed by atoms with Gasteiger partial charge in [0.25, 0.3) is 0 Å². The second-order valence-electron chi connectivity index (χ2n) is 6.40. The van der Waals surface area contributed by atoms with Gasteiger partial charge in [-0.1, -0.05) is 55.5 Å². The summed E-state index contributed by atoms with van der Waals surface area (Å²) in [6, 6.07) is 19.9. The van der Waals surface area contributed by atoms with Gasteiger partial charge in [-0.15, -0.1) is 11.8 Å². The Morgan fingerprint density at radius 1 is 1.08 bits per heavy atom. The van der Waals surface area contributed by atoms with E-state index in [1.54, 1.807) is 0 Å². The van der Waals surface area contributed by atoms with Crippen LogP contribution in [0.1, 0.15) is 43.9 Å². The summed E-state index contributed by atoms with van der Waals surface area (Å²) in [7, 11) is 0. The van der Waals surface area contributed by atoms with E-state index in [1.165, 1.54) is 16.0 Å². The molecule has 0 aliphatic carbocycles. The van der Waals surface area contributed by atoms with Crippen molar-refractivity contribution in [2.24, 2.45) is 0 Å². The average Bonchev–Trinajstić information content (AvgIpc) is 2.81. The van der Waals surface area contributed by atoms with Crippen molar-refractivity contribution in [1.82, 2.24) is 5.32 Å². The smallest absolute Gasteiger partial charge is 0.0592 e. The number of rotatable bonds is 6. The van der Waals surface area contributed by atoms with Gasteiger partial charge >= 0.3 is 0 Å². The minimum Gasteiger partial charge on any atom is -0.382 e. The van der Waals surface area contributed by atoms with Crippen LogP contribution in [0.4, 0.5) is 0 Å². The van der Waals surface area contributed by atoms with E-state index in [-0.39, 0.29) is 11.6 Å². The molecule has 0 saturated heterocycles. The lowest BCUT2D eigenvalue weighted by Crippen LogP contribution is -2.49. The Kier molecular flexibility index (Phi) is 5.99. The van der Waals surface area contributed by atoms with Gasteiger partial charge < -0.3 is 4.74 Å². The van der Waals surface area contributed by atoms with Crippen LogP contribution >= 0.6 is 11.8 Å². The van der Waals surface area contributed by atoms with Crippen molar-refractivity contribution >= 4 is 11.8 Å². The predicted octanol–water partition coefficient (Wildman–Crippen LogP) is 5.05. The fourth-order valence-electron chi connectivity index (χ4n) is 3.34. The highest BCUT2D eigenvalue weighted by atomic mass is 32.2. The second kappa shape index (κ2) is 8.19. The Bertz CT molecular complexity index is 645. The molecule has 1 heterocycles. The molecule has 3 rings (SSSR count). The molecule has 1 aliphatic rings. The first-order chi connectivity index (χ1) is 11.8. The van der Waals surface area contributed by atoms with Crippen LogP contribution in [0, 0.1) is 0 Å². The Morgan fingerprint density at radius 2 is 1.83 bits per heavy atom. The van der Waals surface area contributed by atoms with Gasteiger partial charge in [0.2, 0.25) is 0 Å². The van der Waals surface area contributed by atoms with Gasteiger partial charge in [0, 0.05) is 29.4 Å². The summed E-state index contributed by atoms with van der Waals surface area (Å²) in [5.74, 6) is 1.08. The summed E-state index contributed by atoms with van der Waals surface area (Å²) in [5.41, 5.74) is 2.82. The lowest BCUT2D eigenvalue weighted by Gasteiger charge is -2.36. The van der Waals surface area contributed by atoms with Crippen LogP contribution in [-0.4, -0.2) is 24.5 Å². The molecule has 0 radical (unpaired) electrons. The van der Waals surface area contributed by atoms with E-state index >= 15 is 0 Å². The number of hydrogen-bond acceptors (Lipinski definition) is 3. The van der Waals surface area contributed by atoms with Gasteiger partial charge in [-0.3, -0.25) is 5.32 Å². The molecular weight excluding hydrogens is 314 g/mol. The predicted molar refractivity (Wildman–Crippen MR) is 103 cm³/mol. The maximum Gasteiger partial charge on any atom is 0.0592 e. The normalized spacial score (nSPS) is 23.5. The third-order valence-corrected chi connectivity index (χ3v) is 6.30. The quantitative estimate of drug-likeness (QED) is 0.743. The molecule has 128 valence electrons. The van der Waals surface area contributed by atoms with E-state index in [9.17, 15) is 0 Å². The van der Waals surface area contributed by atoms with Crippen molar-refractivity contribution in [1.29, 1.82) is 0 Å². The van der Waals surface area contributed by atoms with E-state index < -0.39 is 0 Å². The molecule has 2 aromatic rings. The monoisotopic (exact) mass is 341 g/mol. The Hall–Kier alpha value is -1.29. The number of hydrogen-bond donors (Lipinski definition) is 1. The third-order valence-electron chi connectivity index (χ3n) is 4.92. The van der Waals surface area contributed by atoms with Crippen LogP contribution in [0.2, 0.25) is 0 Å². The van der Waals surface area contributed by atoms with Crippen molar-refractivity contribution in [3.8, 4) is 0 Å². The Labute approximate surface area is 150 Å². The first-order valence-corrected chi connectivity index (χ1v) is 9.88. The zero-order chi connectivity index (χ0) is 16.8. The van der Waals surface area contributed by atoms with Crippen molar-refractivity contribution in [2.45, 2.75) is 43.2 Å². The van der Waals surface area contributed by atoms with Crippen molar-refractivity contribution in [3.63, 3.8) is 0 Å². The molecule has 0 unspecified atom stereocenters. The molecule has 0 saturated carbocycles. The molecule has 2 aromatic carbocycles. The largest absolute Gasteiger partial charge is 0.382 e.